The zero-order valence-electron chi connectivity index (χ0n) is 17.3. The number of hydrogen-bond acceptors (Lipinski definition) is 6. The van der Waals surface area contributed by atoms with E-state index in [1.54, 1.807) is 79.0 Å². The number of benzene rings is 2. The number of aliphatic hydroxyl groups excluding tert-OH is 1. The second kappa shape index (κ2) is 7.06. The van der Waals surface area contributed by atoms with Crippen LogP contribution in [0.3, 0.4) is 0 Å². The van der Waals surface area contributed by atoms with E-state index in [9.17, 15) is 19.5 Å². The number of nitrogens with zero attached hydrogens (tertiary/aromatic N) is 3. The van der Waals surface area contributed by atoms with Crippen LogP contribution in [-0.2, 0) is 9.59 Å². The molecule has 1 aliphatic carbocycles. The van der Waals surface area contributed by atoms with Crippen molar-refractivity contribution in [1.82, 2.24) is 4.98 Å². The maximum atomic E-state index is 13.6. The number of para-hydroxylation sites is 1. The van der Waals surface area contributed by atoms with Gasteiger partial charge in [0.1, 0.15) is 11.8 Å². The molecular formula is C26H17N3O4. The van der Waals surface area contributed by atoms with E-state index in [4.69, 9.17) is 0 Å². The van der Waals surface area contributed by atoms with E-state index in [-0.39, 0.29) is 17.0 Å². The van der Waals surface area contributed by atoms with Crippen LogP contribution in [0.5, 0.6) is 0 Å². The lowest BCUT2D eigenvalue weighted by atomic mass is 9.84. The third-order valence-electron chi connectivity index (χ3n) is 6.42. The molecule has 2 aliphatic heterocycles. The van der Waals surface area contributed by atoms with E-state index in [0.29, 0.717) is 22.5 Å². The Morgan fingerprint density at radius 3 is 2.18 bits per heavy atom. The second-order valence-electron chi connectivity index (χ2n) is 8.16. The number of aliphatic imine (C=N–C) groups is 1. The van der Waals surface area contributed by atoms with Crippen LogP contribution in [0.25, 0.3) is 5.76 Å². The molecule has 1 saturated heterocycles. The molecule has 2 aromatic carbocycles. The number of anilines is 1. The molecule has 0 bridgehead atoms. The number of fused-ring (bicyclic) bond motifs is 2. The summed E-state index contributed by atoms with van der Waals surface area (Å²) < 4.78 is 0. The van der Waals surface area contributed by atoms with Crippen LogP contribution >= 0.6 is 0 Å². The monoisotopic (exact) mass is 435 g/mol. The van der Waals surface area contributed by atoms with Crippen molar-refractivity contribution >= 4 is 34.8 Å². The van der Waals surface area contributed by atoms with Gasteiger partial charge in [0.2, 0.25) is 11.8 Å². The Kier molecular flexibility index (Phi) is 4.13. The molecule has 6 rings (SSSR count). The van der Waals surface area contributed by atoms with Gasteiger partial charge in [-0.05, 0) is 24.3 Å². The van der Waals surface area contributed by atoms with Gasteiger partial charge >= 0.3 is 0 Å². The molecule has 7 nitrogen and oxygen atoms in total. The number of carbonyl (C=O) groups excluding carboxylic acids is 3. The first-order chi connectivity index (χ1) is 16.1. The molecule has 160 valence electrons. The minimum Gasteiger partial charge on any atom is -0.506 e. The normalized spacial score (nSPS) is 23.8. The van der Waals surface area contributed by atoms with Gasteiger partial charge in [-0.2, -0.15) is 0 Å². The molecule has 3 aliphatic rings. The lowest BCUT2D eigenvalue weighted by Gasteiger charge is -2.17. The lowest BCUT2D eigenvalue weighted by molar-refractivity contribution is -0.122. The molecule has 0 unspecified atom stereocenters. The average Bonchev–Trinajstić information content (AvgIpc) is 3.44. The molecular weight excluding hydrogens is 418 g/mol. The highest BCUT2D eigenvalue weighted by Crippen LogP contribution is 2.48. The number of carbonyl (C=O) groups is 3. The molecule has 0 spiro atoms. The van der Waals surface area contributed by atoms with Gasteiger partial charge in [0.15, 0.2) is 5.78 Å². The molecule has 7 heteroatoms. The van der Waals surface area contributed by atoms with E-state index in [0.717, 1.165) is 4.90 Å². The molecule has 0 radical (unpaired) electrons. The summed E-state index contributed by atoms with van der Waals surface area (Å²) in [6.45, 7) is 0. The fourth-order valence-corrected chi connectivity index (χ4v) is 4.96. The van der Waals surface area contributed by atoms with Crippen molar-refractivity contribution in [3.8, 4) is 0 Å². The number of pyridine rings is 1. The fourth-order valence-electron chi connectivity index (χ4n) is 4.96. The molecule has 3 atom stereocenters. The second-order valence-corrected chi connectivity index (χ2v) is 8.16. The van der Waals surface area contributed by atoms with E-state index >= 15 is 0 Å². The van der Waals surface area contributed by atoms with Gasteiger partial charge in [-0.3, -0.25) is 24.4 Å². The number of Topliss-reactive ketones (excluding diaryl/α,β-unsaturated/α-hetero) is 1. The van der Waals surface area contributed by atoms with Crippen LogP contribution in [0.2, 0.25) is 0 Å². The van der Waals surface area contributed by atoms with E-state index in [2.05, 4.69) is 9.98 Å². The maximum Gasteiger partial charge on any atom is 0.243 e. The van der Waals surface area contributed by atoms with Crippen molar-refractivity contribution in [2.75, 3.05) is 4.90 Å². The first-order valence-corrected chi connectivity index (χ1v) is 10.6. The van der Waals surface area contributed by atoms with Crippen molar-refractivity contribution < 1.29 is 19.5 Å². The number of amides is 2. The number of aromatic nitrogens is 1. The van der Waals surface area contributed by atoms with Crippen LogP contribution < -0.4 is 4.90 Å². The minimum atomic E-state index is -0.986. The summed E-state index contributed by atoms with van der Waals surface area (Å²) in [4.78, 5) is 50.6. The quantitative estimate of drug-likeness (QED) is 0.635. The number of allylic oxidation sites excluding steroid dienone is 1. The van der Waals surface area contributed by atoms with Crippen LogP contribution in [0, 0.1) is 11.8 Å². The maximum absolute atomic E-state index is 13.6. The standard InChI is InChI=1S/C26H17N3O4/c30-23-15-10-4-5-11-16(15)24(31)20(23)22-19-18(21(28-22)17-12-6-7-13-27-17)25(32)29(26(19)33)14-8-2-1-3-9-14/h1-13,18-19,21,30H/t18-,19+,21-/m0/s1. The highest BCUT2D eigenvalue weighted by atomic mass is 16.3. The van der Waals surface area contributed by atoms with Gasteiger partial charge < -0.3 is 5.11 Å². The van der Waals surface area contributed by atoms with Gasteiger partial charge in [-0.15, -0.1) is 0 Å². The Balaban J connectivity index is 1.52. The van der Waals surface area contributed by atoms with Crippen LogP contribution in [-0.4, -0.2) is 33.4 Å². The van der Waals surface area contributed by atoms with Crippen LogP contribution in [0.15, 0.2) is 89.6 Å². The largest absolute Gasteiger partial charge is 0.506 e. The fraction of sp³-hybridized carbons (Fsp3) is 0.115. The van der Waals surface area contributed by atoms with Gasteiger partial charge in [0, 0.05) is 17.3 Å². The van der Waals surface area contributed by atoms with Crippen LogP contribution in [0.4, 0.5) is 5.69 Å². The summed E-state index contributed by atoms with van der Waals surface area (Å²) in [5.41, 5.74) is 1.87. The predicted molar refractivity (Wildman–Crippen MR) is 121 cm³/mol. The molecule has 1 aromatic heterocycles. The summed E-state index contributed by atoms with van der Waals surface area (Å²) in [5, 5.41) is 10.9. The number of hydrogen-bond donors (Lipinski definition) is 1. The Hall–Kier alpha value is -4.39. The predicted octanol–water partition coefficient (Wildman–Crippen LogP) is 3.55. The number of imide groups is 1. The SMILES string of the molecule is O=C1C(C2=N[C@@H](c3ccccn3)[C@H]3C(=O)N(c4ccccc4)C(=O)[C@@H]23)=C(O)c2ccccc21. The Morgan fingerprint density at radius 2 is 1.48 bits per heavy atom. The zero-order chi connectivity index (χ0) is 22.7. The number of rotatable bonds is 3. The molecule has 0 saturated carbocycles. The Labute approximate surface area is 188 Å². The first-order valence-electron chi connectivity index (χ1n) is 10.6. The topological polar surface area (TPSA) is 99.9 Å². The molecule has 1 N–H and O–H groups in total. The first kappa shape index (κ1) is 19.3. The Morgan fingerprint density at radius 1 is 0.788 bits per heavy atom. The van der Waals surface area contributed by atoms with Gasteiger partial charge in [0.25, 0.3) is 0 Å². The summed E-state index contributed by atoms with van der Waals surface area (Å²) in [5.74, 6) is -3.31. The molecule has 33 heavy (non-hydrogen) atoms. The molecule has 1 fully saturated rings. The van der Waals surface area contributed by atoms with Crippen LogP contribution in [0.1, 0.15) is 27.7 Å². The van der Waals surface area contributed by atoms with Crippen molar-refractivity contribution in [3.63, 3.8) is 0 Å². The third kappa shape index (κ3) is 2.65. The van der Waals surface area contributed by atoms with Gasteiger partial charge in [-0.1, -0.05) is 48.5 Å². The minimum absolute atomic E-state index is 0.0132. The van der Waals surface area contributed by atoms with Crippen molar-refractivity contribution in [1.29, 1.82) is 0 Å². The molecule has 3 heterocycles. The molecule has 3 aromatic rings. The van der Waals surface area contributed by atoms with E-state index in [1.807, 2.05) is 0 Å². The van der Waals surface area contributed by atoms with Gasteiger partial charge in [0.05, 0.1) is 34.5 Å². The van der Waals surface area contributed by atoms with Crippen molar-refractivity contribution in [3.05, 3.63) is 101 Å². The zero-order valence-corrected chi connectivity index (χ0v) is 17.3. The lowest BCUT2D eigenvalue weighted by Crippen LogP contribution is -2.33. The highest BCUT2D eigenvalue weighted by Gasteiger charge is 2.59. The van der Waals surface area contributed by atoms with Gasteiger partial charge in [-0.25, -0.2) is 4.90 Å². The smallest absolute Gasteiger partial charge is 0.243 e. The van der Waals surface area contributed by atoms with E-state index < -0.39 is 35.5 Å². The number of ketones is 1. The van der Waals surface area contributed by atoms with Crippen molar-refractivity contribution in [2.24, 2.45) is 16.8 Å². The summed E-state index contributed by atoms with van der Waals surface area (Å²) in [6, 6.07) is 19.9. The average molecular weight is 435 g/mol. The third-order valence-corrected chi connectivity index (χ3v) is 6.42. The van der Waals surface area contributed by atoms with Crippen molar-refractivity contribution in [2.45, 2.75) is 6.04 Å². The summed E-state index contributed by atoms with van der Waals surface area (Å²) >= 11 is 0. The number of aliphatic hydroxyl groups is 1. The molecule has 2 amide bonds. The highest BCUT2D eigenvalue weighted by molar-refractivity contribution is 6.42. The summed E-state index contributed by atoms with van der Waals surface area (Å²) in [6.07, 6.45) is 1.60. The summed E-state index contributed by atoms with van der Waals surface area (Å²) in [7, 11) is 0. The Bertz CT molecular complexity index is 1400. The van der Waals surface area contributed by atoms with E-state index in [1.165, 1.54) is 0 Å².